The Hall–Kier alpha value is -1.86. The van der Waals surface area contributed by atoms with E-state index in [0.29, 0.717) is 5.69 Å². The summed E-state index contributed by atoms with van der Waals surface area (Å²) < 4.78 is 26.5. The summed E-state index contributed by atoms with van der Waals surface area (Å²) in [5, 5.41) is 6.47. The minimum Gasteiger partial charge on any atom is -0.399 e. The standard InChI is InChI=1S/C13H18N4O2S/c1-9-4-12(14)5-13(10(9)2)20(18,19)17(3)8-11-6-15-16-7-11/h4-7H,8,14H2,1-3H3,(H,15,16). The van der Waals surface area contributed by atoms with E-state index in [-0.39, 0.29) is 11.4 Å². The number of aryl methyl sites for hydroxylation is 1. The number of rotatable bonds is 4. The van der Waals surface area contributed by atoms with Gasteiger partial charge in [-0.1, -0.05) is 0 Å². The van der Waals surface area contributed by atoms with Gasteiger partial charge in [0.05, 0.1) is 11.1 Å². The Labute approximate surface area is 118 Å². The van der Waals surface area contributed by atoms with Crippen molar-refractivity contribution < 1.29 is 8.42 Å². The first kappa shape index (κ1) is 14.5. The summed E-state index contributed by atoms with van der Waals surface area (Å²) in [5.74, 6) is 0. The quantitative estimate of drug-likeness (QED) is 0.834. The Morgan fingerprint density at radius 2 is 2.05 bits per heavy atom. The van der Waals surface area contributed by atoms with Crippen molar-refractivity contribution in [2.75, 3.05) is 12.8 Å². The smallest absolute Gasteiger partial charge is 0.243 e. The maximum absolute atomic E-state index is 12.6. The van der Waals surface area contributed by atoms with Crippen molar-refractivity contribution in [1.82, 2.24) is 14.5 Å². The third kappa shape index (κ3) is 2.68. The van der Waals surface area contributed by atoms with Gasteiger partial charge in [0.25, 0.3) is 0 Å². The second-order valence-electron chi connectivity index (χ2n) is 4.83. The van der Waals surface area contributed by atoms with Crippen LogP contribution >= 0.6 is 0 Å². The Morgan fingerprint density at radius 1 is 1.35 bits per heavy atom. The van der Waals surface area contributed by atoms with Crippen molar-refractivity contribution in [2.45, 2.75) is 25.3 Å². The second-order valence-corrected chi connectivity index (χ2v) is 6.84. The number of benzene rings is 1. The molecule has 0 saturated carbocycles. The molecule has 1 aromatic carbocycles. The molecular weight excluding hydrogens is 276 g/mol. The van der Waals surface area contributed by atoms with E-state index in [1.54, 1.807) is 32.4 Å². The van der Waals surface area contributed by atoms with Gasteiger partial charge in [0.2, 0.25) is 10.0 Å². The molecule has 0 fully saturated rings. The fourth-order valence-corrected chi connectivity index (χ4v) is 3.48. The van der Waals surface area contributed by atoms with E-state index in [4.69, 9.17) is 5.73 Å². The molecule has 0 aliphatic carbocycles. The molecule has 0 bridgehead atoms. The maximum Gasteiger partial charge on any atom is 0.243 e. The molecule has 0 unspecified atom stereocenters. The van der Waals surface area contributed by atoms with Gasteiger partial charge >= 0.3 is 0 Å². The van der Waals surface area contributed by atoms with Gasteiger partial charge in [0, 0.05) is 31.0 Å². The molecule has 1 aromatic heterocycles. The van der Waals surface area contributed by atoms with Crippen LogP contribution in [0.4, 0.5) is 5.69 Å². The van der Waals surface area contributed by atoms with Gasteiger partial charge in [-0.05, 0) is 37.1 Å². The van der Waals surface area contributed by atoms with Gasteiger partial charge in [-0.2, -0.15) is 9.40 Å². The molecule has 0 atom stereocenters. The number of aromatic nitrogens is 2. The van der Waals surface area contributed by atoms with Gasteiger partial charge in [-0.15, -0.1) is 0 Å². The van der Waals surface area contributed by atoms with Crippen LogP contribution in [0.5, 0.6) is 0 Å². The van der Waals surface area contributed by atoms with E-state index in [0.717, 1.165) is 16.7 Å². The molecule has 0 spiro atoms. The van der Waals surface area contributed by atoms with Crippen molar-refractivity contribution in [1.29, 1.82) is 0 Å². The fraction of sp³-hybridized carbons (Fsp3) is 0.308. The summed E-state index contributed by atoms with van der Waals surface area (Å²) >= 11 is 0. The number of hydrogen-bond acceptors (Lipinski definition) is 4. The molecular formula is C13H18N4O2S. The third-order valence-corrected chi connectivity index (χ3v) is 5.22. The zero-order chi connectivity index (χ0) is 14.9. The molecule has 7 heteroatoms. The molecule has 0 radical (unpaired) electrons. The van der Waals surface area contributed by atoms with E-state index in [1.807, 2.05) is 6.92 Å². The van der Waals surface area contributed by atoms with E-state index < -0.39 is 10.0 Å². The highest BCUT2D eigenvalue weighted by molar-refractivity contribution is 7.89. The zero-order valence-corrected chi connectivity index (χ0v) is 12.5. The number of nitrogens with two attached hydrogens (primary N) is 1. The SMILES string of the molecule is Cc1cc(N)cc(S(=O)(=O)N(C)Cc2cn[nH]c2)c1C. The first-order valence-electron chi connectivity index (χ1n) is 6.13. The molecule has 0 amide bonds. The molecule has 0 saturated heterocycles. The first-order chi connectivity index (χ1) is 9.32. The van der Waals surface area contributed by atoms with Crippen LogP contribution < -0.4 is 5.73 Å². The maximum atomic E-state index is 12.6. The van der Waals surface area contributed by atoms with E-state index >= 15 is 0 Å². The summed E-state index contributed by atoms with van der Waals surface area (Å²) in [4.78, 5) is 0.251. The summed E-state index contributed by atoms with van der Waals surface area (Å²) in [6, 6.07) is 3.27. The molecule has 6 nitrogen and oxygen atoms in total. The Balaban J connectivity index is 2.40. The minimum absolute atomic E-state index is 0.251. The highest BCUT2D eigenvalue weighted by Gasteiger charge is 2.24. The normalized spacial score (nSPS) is 12.0. The summed E-state index contributed by atoms with van der Waals surface area (Å²) in [5.41, 5.74) is 8.59. The fourth-order valence-electron chi connectivity index (χ4n) is 2.00. The molecule has 0 aliphatic heterocycles. The van der Waals surface area contributed by atoms with Crippen molar-refractivity contribution in [2.24, 2.45) is 0 Å². The molecule has 108 valence electrons. The molecule has 2 rings (SSSR count). The van der Waals surface area contributed by atoms with Gasteiger partial charge in [-0.25, -0.2) is 8.42 Å². The van der Waals surface area contributed by atoms with Crippen LogP contribution in [0.25, 0.3) is 0 Å². The number of aromatic amines is 1. The summed E-state index contributed by atoms with van der Waals surface area (Å²) in [6.45, 7) is 3.89. The van der Waals surface area contributed by atoms with Crippen molar-refractivity contribution in [3.05, 3.63) is 41.2 Å². The molecule has 3 N–H and O–H groups in total. The van der Waals surface area contributed by atoms with Crippen LogP contribution in [0.3, 0.4) is 0 Å². The lowest BCUT2D eigenvalue weighted by Crippen LogP contribution is -2.27. The minimum atomic E-state index is -3.58. The summed E-state index contributed by atoms with van der Waals surface area (Å²) in [7, 11) is -2.04. The Morgan fingerprint density at radius 3 is 2.65 bits per heavy atom. The molecule has 0 aliphatic rings. The number of sulfonamides is 1. The van der Waals surface area contributed by atoms with Crippen LogP contribution in [0, 0.1) is 13.8 Å². The zero-order valence-electron chi connectivity index (χ0n) is 11.7. The van der Waals surface area contributed by atoms with Crippen molar-refractivity contribution in [3.63, 3.8) is 0 Å². The predicted octanol–water partition coefficient (Wildman–Crippen LogP) is 1.43. The number of anilines is 1. The second kappa shape index (κ2) is 5.26. The summed E-state index contributed by atoms with van der Waals surface area (Å²) in [6.07, 6.45) is 3.27. The average Bonchev–Trinajstić information content (AvgIpc) is 2.86. The highest BCUT2D eigenvalue weighted by Crippen LogP contribution is 2.25. The van der Waals surface area contributed by atoms with Crippen LogP contribution in [0.1, 0.15) is 16.7 Å². The number of H-pyrrole nitrogens is 1. The lowest BCUT2D eigenvalue weighted by atomic mass is 10.1. The molecule has 1 heterocycles. The van der Waals surface area contributed by atoms with Gasteiger partial charge in [0.1, 0.15) is 0 Å². The van der Waals surface area contributed by atoms with Crippen LogP contribution in [-0.4, -0.2) is 30.0 Å². The number of nitrogen functional groups attached to an aromatic ring is 1. The van der Waals surface area contributed by atoms with Crippen molar-refractivity contribution in [3.8, 4) is 0 Å². The van der Waals surface area contributed by atoms with Gasteiger partial charge < -0.3 is 5.73 Å². The van der Waals surface area contributed by atoms with Crippen molar-refractivity contribution >= 4 is 15.7 Å². The van der Waals surface area contributed by atoms with Crippen LogP contribution in [0.15, 0.2) is 29.4 Å². The van der Waals surface area contributed by atoms with Crippen LogP contribution in [-0.2, 0) is 16.6 Å². The number of nitrogens with one attached hydrogen (secondary N) is 1. The Kier molecular flexibility index (Phi) is 3.82. The number of hydrogen-bond donors (Lipinski definition) is 2. The predicted molar refractivity (Wildman–Crippen MR) is 77.6 cm³/mol. The largest absolute Gasteiger partial charge is 0.399 e. The number of nitrogens with zero attached hydrogens (tertiary/aromatic N) is 2. The average molecular weight is 294 g/mol. The van der Waals surface area contributed by atoms with Crippen LogP contribution in [0.2, 0.25) is 0 Å². The molecule has 20 heavy (non-hydrogen) atoms. The van der Waals surface area contributed by atoms with E-state index in [2.05, 4.69) is 10.2 Å². The van der Waals surface area contributed by atoms with E-state index in [9.17, 15) is 8.42 Å². The lowest BCUT2D eigenvalue weighted by Gasteiger charge is -2.19. The molecule has 2 aromatic rings. The lowest BCUT2D eigenvalue weighted by molar-refractivity contribution is 0.466. The first-order valence-corrected chi connectivity index (χ1v) is 7.57. The monoisotopic (exact) mass is 294 g/mol. The highest BCUT2D eigenvalue weighted by atomic mass is 32.2. The Bertz CT molecular complexity index is 708. The third-order valence-electron chi connectivity index (χ3n) is 3.29. The van der Waals surface area contributed by atoms with Gasteiger partial charge in [-0.3, -0.25) is 5.10 Å². The van der Waals surface area contributed by atoms with Gasteiger partial charge in [0.15, 0.2) is 0 Å². The topological polar surface area (TPSA) is 92.1 Å². The van der Waals surface area contributed by atoms with E-state index in [1.165, 1.54) is 10.4 Å².